The summed E-state index contributed by atoms with van der Waals surface area (Å²) in [7, 11) is 3.51. The SMILES string of the molecule is CNC(C)CNC(=O)c1ccc(OC)c2ccccc12.Cl. The molecule has 0 radical (unpaired) electrons. The Hall–Kier alpha value is -1.78. The minimum absolute atomic E-state index is 0. The molecule has 1 atom stereocenters. The highest BCUT2D eigenvalue weighted by Crippen LogP contribution is 2.28. The van der Waals surface area contributed by atoms with Crippen LogP contribution in [0.15, 0.2) is 36.4 Å². The normalized spacial score (nSPS) is 11.6. The highest BCUT2D eigenvalue weighted by molar-refractivity contribution is 6.08. The Balaban J connectivity index is 0.00000220. The molecule has 2 rings (SSSR count). The summed E-state index contributed by atoms with van der Waals surface area (Å²) in [6.07, 6.45) is 0. The fraction of sp³-hybridized carbons (Fsp3) is 0.312. The van der Waals surface area contributed by atoms with Crippen molar-refractivity contribution >= 4 is 29.1 Å². The molecule has 0 fully saturated rings. The average molecular weight is 309 g/mol. The van der Waals surface area contributed by atoms with Crippen LogP contribution < -0.4 is 15.4 Å². The maximum absolute atomic E-state index is 12.3. The molecular formula is C16H21ClN2O2. The predicted molar refractivity (Wildman–Crippen MR) is 88.6 cm³/mol. The lowest BCUT2D eigenvalue weighted by molar-refractivity contribution is 0.0952. The Bertz CT molecular complexity index is 616. The molecule has 2 aromatic rings. The number of halogens is 1. The molecule has 0 saturated heterocycles. The summed E-state index contributed by atoms with van der Waals surface area (Å²) in [4.78, 5) is 12.3. The van der Waals surface area contributed by atoms with E-state index in [0.717, 1.165) is 16.5 Å². The van der Waals surface area contributed by atoms with Gasteiger partial charge in [0.25, 0.3) is 5.91 Å². The standard InChI is InChI=1S/C16H20N2O2.ClH/c1-11(17-2)10-18-16(19)14-8-9-15(20-3)13-7-5-4-6-12(13)14;/h4-9,11,17H,10H2,1-3H3,(H,18,19);1H. The molecule has 4 nitrogen and oxygen atoms in total. The first kappa shape index (κ1) is 17.3. The maximum atomic E-state index is 12.3. The van der Waals surface area contributed by atoms with Gasteiger partial charge in [0, 0.05) is 23.5 Å². The van der Waals surface area contributed by atoms with Crippen LogP contribution in [-0.4, -0.2) is 32.7 Å². The number of fused-ring (bicyclic) bond motifs is 1. The van der Waals surface area contributed by atoms with Crippen LogP contribution in [0.25, 0.3) is 10.8 Å². The first-order valence-electron chi connectivity index (χ1n) is 6.68. The second-order valence-electron chi connectivity index (χ2n) is 4.76. The van der Waals surface area contributed by atoms with E-state index in [0.29, 0.717) is 12.1 Å². The van der Waals surface area contributed by atoms with Gasteiger partial charge in [-0.1, -0.05) is 24.3 Å². The van der Waals surface area contributed by atoms with Crippen molar-refractivity contribution in [3.63, 3.8) is 0 Å². The van der Waals surface area contributed by atoms with Gasteiger partial charge in [-0.2, -0.15) is 0 Å². The van der Waals surface area contributed by atoms with Crippen LogP contribution in [0.4, 0.5) is 0 Å². The van der Waals surface area contributed by atoms with Crippen molar-refractivity contribution in [3.8, 4) is 5.75 Å². The zero-order valence-corrected chi connectivity index (χ0v) is 13.3. The van der Waals surface area contributed by atoms with Crippen molar-refractivity contribution in [2.45, 2.75) is 13.0 Å². The van der Waals surface area contributed by atoms with E-state index in [1.807, 2.05) is 44.3 Å². The van der Waals surface area contributed by atoms with Crippen LogP contribution in [0.5, 0.6) is 5.75 Å². The number of carbonyl (C=O) groups is 1. The van der Waals surface area contributed by atoms with E-state index in [1.54, 1.807) is 13.2 Å². The first-order chi connectivity index (χ1) is 9.67. The smallest absolute Gasteiger partial charge is 0.251 e. The van der Waals surface area contributed by atoms with Crippen LogP contribution in [0, 0.1) is 0 Å². The summed E-state index contributed by atoms with van der Waals surface area (Å²) in [5.74, 6) is 0.715. The van der Waals surface area contributed by atoms with Crippen LogP contribution in [0.1, 0.15) is 17.3 Å². The van der Waals surface area contributed by atoms with Gasteiger partial charge in [-0.25, -0.2) is 0 Å². The van der Waals surface area contributed by atoms with E-state index in [2.05, 4.69) is 10.6 Å². The Morgan fingerprint density at radius 3 is 2.48 bits per heavy atom. The van der Waals surface area contributed by atoms with Crippen molar-refractivity contribution in [1.82, 2.24) is 10.6 Å². The number of hydrogen-bond donors (Lipinski definition) is 2. The Labute approximate surface area is 131 Å². The molecule has 0 aliphatic heterocycles. The fourth-order valence-electron chi connectivity index (χ4n) is 2.09. The van der Waals surface area contributed by atoms with Crippen LogP contribution in [0.2, 0.25) is 0 Å². The zero-order chi connectivity index (χ0) is 14.5. The maximum Gasteiger partial charge on any atom is 0.251 e. The summed E-state index contributed by atoms with van der Waals surface area (Å²) in [5, 5.41) is 7.88. The van der Waals surface area contributed by atoms with Gasteiger partial charge in [0.05, 0.1) is 7.11 Å². The van der Waals surface area contributed by atoms with Gasteiger partial charge in [0.2, 0.25) is 0 Å². The molecule has 0 saturated carbocycles. The summed E-state index contributed by atoms with van der Waals surface area (Å²) in [6, 6.07) is 11.6. The van der Waals surface area contributed by atoms with E-state index in [4.69, 9.17) is 4.74 Å². The monoisotopic (exact) mass is 308 g/mol. The van der Waals surface area contributed by atoms with Crippen LogP contribution in [0.3, 0.4) is 0 Å². The molecule has 21 heavy (non-hydrogen) atoms. The number of amides is 1. The van der Waals surface area contributed by atoms with Gasteiger partial charge in [-0.05, 0) is 31.5 Å². The van der Waals surface area contributed by atoms with Crippen molar-refractivity contribution in [2.24, 2.45) is 0 Å². The van der Waals surface area contributed by atoms with E-state index >= 15 is 0 Å². The van der Waals surface area contributed by atoms with Crippen molar-refractivity contribution < 1.29 is 9.53 Å². The van der Waals surface area contributed by atoms with Crippen molar-refractivity contribution in [1.29, 1.82) is 0 Å². The molecule has 0 aliphatic carbocycles. The van der Waals surface area contributed by atoms with E-state index in [1.165, 1.54) is 0 Å². The van der Waals surface area contributed by atoms with Gasteiger partial charge in [0.1, 0.15) is 5.75 Å². The Kier molecular flexibility index (Phi) is 6.46. The lowest BCUT2D eigenvalue weighted by atomic mass is 10.0. The lowest BCUT2D eigenvalue weighted by Gasteiger charge is -2.13. The lowest BCUT2D eigenvalue weighted by Crippen LogP contribution is -2.37. The summed E-state index contributed by atoms with van der Waals surface area (Å²) >= 11 is 0. The number of rotatable bonds is 5. The summed E-state index contributed by atoms with van der Waals surface area (Å²) in [5.41, 5.74) is 0.671. The molecule has 0 aliphatic rings. The van der Waals surface area contributed by atoms with Crippen molar-refractivity contribution in [2.75, 3.05) is 20.7 Å². The molecule has 0 spiro atoms. The molecule has 1 amide bonds. The topological polar surface area (TPSA) is 50.4 Å². The van der Waals surface area contributed by atoms with Crippen LogP contribution >= 0.6 is 12.4 Å². The van der Waals surface area contributed by atoms with E-state index in [-0.39, 0.29) is 24.4 Å². The molecule has 5 heteroatoms. The third-order valence-corrected chi connectivity index (χ3v) is 3.41. The number of hydrogen-bond acceptors (Lipinski definition) is 3. The average Bonchev–Trinajstić information content (AvgIpc) is 2.51. The molecule has 0 aromatic heterocycles. The zero-order valence-electron chi connectivity index (χ0n) is 12.5. The molecule has 2 N–H and O–H groups in total. The minimum Gasteiger partial charge on any atom is -0.496 e. The van der Waals surface area contributed by atoms with Gasteiger partial charge >= 0.3 is 0 Å². The van der Waals surface area contributed by atoms with E-state index in [9.17, 15) is 4.79 Å². The molecule has 2 aromatic carbocycles. The van der Waals surface area contributed by atoms with Crippen molar-refractivity contribution in [3.05, 3.63) is 42.0 Å². The largest absolute Gasteiger partial charge is 0.496 e. The Morgan fingerprint density at radius 2 is 1.86 bits per heavy atom. The minimum atomic E-state index is -0.0639. The van der Waals surface area contributed by atoms with Crippen LogP contribution in [-0.2, 0) is 0 Å². The number of ether oxygens (including phenoxy) is 1. The highest BCUT2D eigenvalue weighted by atomic mass is 35.5. The molecule has 114 valence electrons. The number of benzene rings is 2. The predicted octanol–water partition coefficient (Wildman–Crippen LogP) is 2.61. The van der Waals surface area contributed by atoms with Gasteiger partial charge < -0.3 is 15.4 Å². The number of nitrogens with one attached hydrogen (secondary N) is 2. The quantitative estimate of drug-likeness (QED) is 0.892. The van der Waals surface area contributed by atoms with E-state index < -0.39 is 0 Å². The molecular weight excluding hydrogens is 288 g/mol. The Morgan fingerprint density at radius 1 is 1.19 bits per heavy atom. The van der Waals surface area contributed by atoms with Gasteiger partial charge in [-0.15, -0.1) is 12.4 Å². The third-order valence-electron chi connectivity index (χ3n) is 3.41. The highest BCUT2D eigenvalue weighted by Gasteiger charge is 2.12. The number of methoxy groups -OCH3 is 1. The first-order valence-corrected chi connectivity index (χ1v) is 6.68. The third kappa shape index (κ3) is 3.86. The molecule has 1 unspecified atom stereocenters. The second kappa shape index (κ2) is 7.86. The summed E-state index contributed by atoms with van der Waals surface area (Å²) in [6.45, 7) is 2.61. The molecule has 0 heterocycles. The number of likely N-dealkylation sites (N-methyl/N-ethyl adjacent to an activating group) is 1. The fourth-order valence-corrected chi connectivity index (χ4v) is 2.09. The second-order valence-corrected chi connectivity index (χ2v) is 4.76. The van der Waals surface area contributed by atoms with Gasteiger partial charge in [0.15, 0.2) is 0 Å². The van der Waals surface area contributed by atoms with Gasteiger partial charge in [-0.3, -0.25) is 4.79 Å². The molecule has 0 bridgehead atoms. The summed E-state index contributed by atoms with van der Waals surface area (Å²) < 4.78 is 5.34. The number of carbonyl (C=O) groups excluding carboxylic acids is 1.